The van der Waals surface area contributed by atoms with Gasteiger partial charge < -0.3 is 4.57 Å². The van der Waals surface area contributed by atoms with E-state index in [1.54, 1.807) is 0 Å². The lowest BCUT2D eigenvalue weighted by Gasteiger charge is -2.24. The van der Waals surface area contributed by atoms with E-state index in [9.17, 15) is 0 Å². The molecule has 0 unspecified atom stereocenters. The molecule has 0 bridgehead atoms. The van der Waals surface area contributed by atoms with Gasteiger partial charge in [-0.2, -0.15) is 10.1 Å². The van der Waals surface area contributed by atoms with Gasteiger partial charge in [0.05, 0.1) is 0 Å². The van der Waals surface area contributed by atoms with Crippen LogP contribution in [0.2, 0.25) is 0 Å². The number of aromatic amines is 1. The van der Waals surface area contributed by atoms with E-state index < -0.39 is 0 Å². The van der Waals surface area contributed by atoms with Crippen LogP contribution < -0.4 is 0 Å². The number of aromatic nitrogens is 4. The summed E-state index contributed by atoms with van der Waals surface area (Å²) in [5.41, 5.74) is 4.99. The average molecular weight is 302 g/mol. The first kappa shape index (κ1) is 13.4. The highest BCUT2D eigenvalue weighted by molar-refractivity contribution is 7.71. The fraction of sp³-hybridized carbons (Fsp3) is 0.688. The van der Waals surface area contributed by atoms with Crippen LogP contribution in [0, 0.1) is 10.7 Å². The van der Waals surface area contributed by atoms with Crippen LogP contribution in [0.1, 0.15) is 56.2 Å². The number of nitrogens with zero attached hydrogens (tertiary/aromatic N) is 3. The van der Waals surface area contributed by atoms with E-state index in [0.29, 0.717) is 4.77 Å². The Hall–Kier alpha value is -1.23. The minimum absolute atomic E-state index is 0.502. The predicted molar refractivity (Wildman–Crippen MR) is 85.9 cm³/mol. The number of fused-ring (bicyclic) bond motifs is 3. The summed E-state index contributed by atoms with van der Waals surface area (Å²) in [5, 5.41) is 7.38. The predicted octanol–water partition coefficient (Wildman–Crippen LogP) is 3.95. The van der Waals surface area contributed by atoms with Gasteiger partial charge in [0.25, 0.3) is 0 Å². The van der Waals surface area contributed by atoms with Crippen LogP contribution in [0.4, 0.5) is 0 Å². The van der Waals surface area contributed by atoms with Crippen LogP contribution in [0.25, 0.3) is 11.2 Å². The third-order valence-electron chi connectivity index (χ3n) is 5.15. The zero-order valence-electron chi connectivity index (χ0n) is 12.4. The minimum atomic E-state index is 0.502. The molecular weight excluding hydrogens is 280 g/mol. The highest BCUT2D eigenvalue weighted by atomic mass is 32.1. The minimum Gasteiger partial charge on any atom is -0.328 e. The van der Waals surface area contributed by atoms with E-state index in [1.807, 2.05) is 0 Å². The van der Waals surface area contributed by atoms with E-state index in [2.05, 4.69) is 19.7 Å². The van der Waals surface area contributed by atoms with Crippen LogP contribution in [-0.2, 0) is 19.4 Å². The van der Waals surface area contributed by atoms with Crippen molar-refractivity contribution in [1.29, 1.82) is 0 Å². The van der Waals surface area contributed by atoms with Gasteiger partial charge in [-0.25, -0.2) is 0 Å². The SMILES string of the molecule is S=c1nc2c(n[nH]1)c1c(n2CC2CCCCC2)CCCC1. The third kappa shape index (κ3) is 2.41. The number of hydrogen-bond acceptors (Lipinski definition) is 3. The van der Waals surface area contributed by atoms with Gasteiger partial charge in [0, 0.05) is 17.8 Å². The lowest BCUT2D eigenvalue weighted by atomic mass is 9.89. The van der Waals surface area contributed by atoms with Crippen LogP contribution in [0.3, 0.4) is 0 Å². The summed E-state index contributed by atoms with van der Waals surface area (Å²) >= 11 is 5.20. The molecule has 0 amide bonds. The molecule has 2 aromatic heterocycles. The Morgan fingerprint density at radius 3 is 2.76 bits per heavy atom. The Morgan fingerprint density at radius 1 is 1.10 bits per heavy atom. The molecule has 0 saturated heterocycles. The second-order valence-corrected chi connectivity index (χ2v) is 6.95. The van der Waals surface area contributed by atoms with Crippen LogP contribution in [-0.4, -0.2) is 19.7 Å². The summed E-state index contributed by atoms with van der Waals surface area (Å²) in [6.45, 7) is 1.11. The maximum absolute atomic E-state index is 5.20. The van der Waals surface area contributed by atoms with Gasteiger partial charge in [0.15, 0.2) is 5.65 Å². The molecule has 0 spiro atoms. The Balaban J connectivity index is 1.81. The summed E-state index contributed by atoms with van der Waals surface area (Å²) in [6, 6.07) is 0. The number of hydrogen-bond donors (Lipinski definition) is 1. The summed E-state index contributed by atoms with van der Waals surface area (Å²) in [7, 11) is 0. The fourth-order valence-electron chi connectivity index (χ4n) is 4.11. The number of aryl methyl sites for hydroxylation is 1. The molecule has 1 saturated carbocycles. The lowest BCUT2D eigenvalue weighted by molar-refractivity contribution is 0.318. The Kier molecular flexibility index (Phi) is 3.53. The monoisotopic (exact) mass is 302 g/mol. The first-order valence-corrected chi connectivity index (χ1v) is 8.70. The standard InChI is InChI=1S/C16H22N4S/c21-16-17-15-14(18-19-16)12-8-4-5-9-13(12)20(15)10-11-6-2-1-3-7-11/h11H,1-10H2,(H,17,19,21). The van der Waals surface area contributed by atoms with Crippen molar-refractivity contribution in [3.63, 3.8) is 0 Å². The van der Waals surface area contributed by atoms with Gasteiger partial charge in [0.1, 0.15) is 5.52 Å². The quantitative estimate of drug-likeness (QED) is 0.854. The second-order valence-electron chi connectivity index (χ2n) is 6.56. The molecule has 2 aliphatic carbocycles. The van der Waals surface area contributed by atoms with Gasteiger partial charge in [-0.3, -0.25) is 5.10 Å². The van der Waals surface area contributed by atoms with E-state index in [4.69, 9.17) is 12.2 Å². The van der Waals surface area contributed by atoms with Gasteiger partial charge in [-0.05, 0) is 56.7 Å². The second kappa shape index (κ2) is 5.52. The molecule has 4 nitrogen and oxygen atoms in total. The molecule has 2 aliphatic rings. The summed E-state index contributed by atoms with van der Waals surface area (Å²) < 4.78 is 2.96. The molecule has 0 atom stereocenters. The summed E-state index contributed by atoms with van der Waals surface area (Å²) in [4.78, 5) is 4.61. The molecule has 1 N–H and O–H groups in total. The van der Waals surface area contributed by atoms with Gasteiger partial charge in [0.2, 0.25) is 4.77 Å². The lowest BCUT2D eigenvalue weighted by Crippen LogP contribution is -2.17. The molecule has 5 heteroatoms. The van der Waals surface area contributed by atoms with Crippen molar-refractivity contribution in [3.05, 3.63) is 16.0 Å². The zero-order valence-corrected chi connectivity index (χ0v) is 13.2. The average Bonchev–Trinajstić information content (AvgIpc) is 2.82. The first-order valence-electron chi connectivity index (χ1n) is 8.29. The molecule has 1 fully saturated rings. The Labute approximate surface area is 130 Å². The molecule has 2 heterocycles. The molecule has 0 aromatic carbocycles. The normalized spacial score (nSPS) is 19.8. The van der Waals surface area contributed by atoms with Crippen LogP contribution in [0.15, 0.2) is 0 Å². The molecular formula is C16H22N4S. The molecule has 21 heavy (non-hydrogen) atoms. The first-order chi connectivity index (χ1) is 10.3. The molecule has 2 aromatic rings. The van der Waals surface area contributed by atoms with E-state index >= 15 is 0 Å². The van der Waals surface area contributed by atoms with Gasteiger partial charge in [-0.1, -0.05) is 19.3 Å². The molecule has 112 valence electrons. The van der Waals surface area contributed by atoms with Crippen molar-refractivity contribution in [2.24, 2.45) is 5.92 Å². The Morgan fingerprint density at radius 2 is 1.90 bits per heavy atom. The largest absolute Gasteiger partial charge is 0.328 e. The topological polar surface area (TPSA) is 46.5 Å². The van der Waals surface area contributed by atoms with Crippen LogP contribution in [0.5, 0.6) is 0 Å². The summed E-state index contributed by atoms with van der Waals surface area (Å²) in [5.74, 6) is 0.805. The van der Waals surface area contributed by atoms with Crippen molar-refractivity contribution in [2.45, 2.75) is 64.3 Å². The summed E-state index contributed by atoms with van der Waals surface area (Å²) in [6.07, 6.45) is 11.8. The molecule has 0 aliphatic heterocycles. The molecule has 4 rings (SSSR count). The van der Waals surface area contributed by atoms with Crippen LogP contribution >= 0.6 is 12.2 Å². The zero-order chi connectivity index (χ0) is 14.2. The van der Waals surface area contributed by atoms with Crippen molar-refractivity contribution in [2.75, 3.05) is 0 Å². The number of rotatable bonds is 2. The van der Waals surface area contributed by atoms with Crippen molar-refractivity contribution < 1.29 is 0 Å². The number of H-pyrrole nitrogens is 1. The maximum atomic E-state index is 5.20. The van der Waals surface area contributed by atoms with Gasteiger partial charge >= 0.3 is 0 Å². The maximum Gasteiger partial charge on any atom is 0.215 e. The third-order valence-corrected chi connectivity index (χ3v) is 5.34. The Bertz CT molecular complexity index is 709. The fourth-order valence-corrected chi connectivity index (χ4v) is 4.25. The highest BCUT2D eigenvalue weighted by Gasteiger charge is 2.24. The van der Waals surface area contributed by atoms with Crippen molar-refractivity contribution >= 4 is 23.4 Å². The highest BCUT2D eigenvalue weighted by Crippen LogP contribution is 2.32. The van der Waals surface area contributed by atoms with Crippen molar-refractivity contribution in [3.8, 4) is 0 Å². The van der Waals surface area contributed by atoms with E-state index in [-0.39, 0.29) is 0 Å². The van der Waals surface area contributed by atoms with Crippen molar-refractivity contribution in [1.82, 2.24) is 19.7 Å². The smallest absolute Gasteiger partial charge is 0.215 e. The molecule has 0 radical (unpaired) electrons. The number of nitrogens with one attached hydrogen (secondary N) is 1. The van der Waals surface area contributed by atoms with E-state index in [0.717, 1.165) is 30.0 Å². The van der Waals surface area contributed by atoms with E-state index in [1.165, 1.54) is 62.6 Å². The van der Waals surface area contributed by atoms with Gasteiger partial charge in [-0.15, -0.1) is 0 Å².